The lowest BCUT2D eigenvalue weighted by atomic mass is 10.1. The number of nitrogens with one attached hydrogen (secondary N) is 1. The fourth-order valence-corrected chi connectivity index (χ4v) is 2.19. The van der Waals surface area contributed by atoms with Crippen LogP contribution in [-0.2, 0) is 4.74 Å². The van der Waals surface area contributed by atoms with E-state index in [1.165, 1.54) is 0 Å². The predicted octanol–water partition coefficient (Wildman–Crippen LogP) is 2.89. The van der Waals surface area contributed by atoms with Crippen molar-refractivity contribution in [2.75, 3.05) is 6.61 Å². The number of carbonyl (C=O) groups excluding carboxylic acids is 1. The van der Waals surface area contributed by atoms with Crippen molar-refractivity contribution in [3.05, 3.63) is 64.6 Å². The first-order chi connectivity index (χ1) is 11.2. The van der Waals surface area contributed by atoms with E-state index >= 15 is 0 Å². The summed E-state index contributed by atoms with van der Waals surface area (Å²) in [5.74, 6) is 0.573. The van der Waals surface area contributed by atoms with Crippen LogP contribution in [0.1, 0.15) is 17.4 Å². The van der Waals surface area contributed by atoms with Crippen molar-refractivity contribution >= 4 is 16.7 Å². The lowest BCUT2D eigenvalue weighted by Crippen LogP contribution is -2.16. The molecule has 0 fully saturated rings. The maximum atomic E-state index is 12.0. The first kappa shape index (κ1) is 14.8. The molecule has 116 valence electrons. The summed E-state index contributed by atoms with van der Waals surface area (Å²) in [5.41, 5.74) is -0.320. The van der Waals surface area contributed by atoms with Crippen LogP contribution in [0.25, 0.3) is 10.8 Å². The van der Waals surface area contributed by atoms with E-state index in [0.29, 0.717) is 22.3 Å². The number of H-pyrrole nitrogens is 1. The number of benzene rings is 2. The zero-order valence-corrected chi connectivity index (χ0v) is 12.4. The quantitative estimate of drug-likeness (QED) is 0.749. The third kappa shape index (κ3) is 3.06. The Hall–Kier alpha value is -3.15. The van der Waals surface area contributed by atoms with Crippen molar-refractivity contribution in [3.8, 4) is 11.5 Å². The maximum Gasteiger partial charge on any atom is 0.359 e. The average Bonchev–Trinajstić information content (AvgIpc) is 2.57. The van der Waals surface area contributed by atoms with Gasteiger partial charge in [0.1, 0.15) is 11.5 Å². The Kier molecular flexibility index (Phi) is 4.05. The molecule has 6 heteroatoms. The van der Waals surface area contributed by atoms with E-state index in [-0.39, 0.29) is 12.3 Å². The van der Waals surface area contributed by atoms with Crippen molar-refractivity contribution < 1.29 is 14.3 Å². The topological polar surface area (TPSA) is 81.3 Å². The van der Waals surface area contributed by atoms with Gasteiger partial charge < -0.3 is 9.47 Å². The molecule has 3 aromatic rings. The van der Waals surface area contributed by atoms with Crippen LogP contribution >= 0.6 is 0 Å². The van der Waals surface area contributed by atoms with Gasteiger partial charge in [-0.15, -0.1) is 0 Å². The first-order valence-corrected chi connectivity index (χ1v) is 7.11. The predicted molar refractivity (Wildman–Crippen MR) is 84.8 cm³/mol. The van der Waals surface area contributed by atoms with Gasteiger partial charge in [0.05, 0.1) is 12.0 Å². The Morgan fingerprint density at radius 2 is 1.87 bits per heavy atom. The number of carbonyl (C=O) groups is 1. The molecule has 0 aliphatic carbocycles. The molecular formula is C17H14N2O4. The summed E-state index contributed by atoms with van der Waals surface area (Å²) in [6.45, 7) is 1.94. The molecule has 0 aliphatic rings. The zero-order valence-electron chi connectivity index (χ0n) is 12.4. The van der Waals surface area contributed by atoms with E-state index < -0.39 is 11.5 Å². The Bertz CT molecular complexity index is 903. The molecule has 0 aliphatic heterocycles. The summed E-state index contributed by atoms with van der Waals surface area (Å²) in [6.07, 6.45) is 0. The SMILES string of the molecule is CCOC(=O)c1n[nH]c(=O)c2cc(Oc3ccccc3)ccc12. The standard InChI is InChI=1S/C17H14N2O4/c1-2-22-17(21)15-13-9-8-12(10-14(13)16(20)19-18-15)23-11-6-4-3-5-7-11/h3-10H,2H2,1H3,(H,19,20). The smallest absolute Gasteiger partial charge is 0.359 e. The summed E-state index contributed by atoms with van der Waals surface area (Å²) >= 11 is 0. The molecule has 2 aromatic carbocycles. The van der Waals surface area contributed by atoms with Crippen molar-refractivity contribution in [2.45, 2.75) is 6.92 Å². The van der Waals surface area contributed by atoms with Crippen LogP contribution < -0.4 is 10.3 Å². The van der Waals surface area contributed by atoms with Gasteiger partial charge in [-0.1, -0.05) is 18.2 Å². The lowest BCUT2D eigenvalue weighted by Gasteiger charge is -2.08. The molecule has 0 saturated carbocycles. The van der Waals surface area contributed by atoms with Gasteiger partial charge in [0, 0.05) is 5.39 Å². The molecule has 1 aromatic heterocycles. The maximum absolute atomic E-state index is 12.0. The Balaban J connectivity index is 2.04. The number of nitrogens with zero attached hydrogens (tertiary/aromatic N) is 1. The van der Waals surface area contributed by atoms with Crippen molar-refractivity contribution in [1.82, 2.24) is 10.2 Å². The van der Waals surface area contributed by atoms with Gasteiger partial charge in [-0.3, -0.25) is 4.79 Å². The highest BCUT2D eigenvalue weighted by Gasteiger charge is 2.15. The molecule has 1 N–H and O–H groups in total. The number of esters is 1. The third-order valence-electron chi connectivity index (χ3n) is 3.21. The van der Waals surface area contributed by atoms with Gasteiger partial charge in [0.15, 0.2) is 5.69 Å². The van der Waals surface area contributed by atoms with Crippen LogP contribution in [0.4, 0.5) is 0 Å². The van der Waals surface area contributed by atoms with E-state index in [1.54, 1.807) is 25.1 Å². The molecule has 3 rings (SSSR count). The Morgan fingerprint density at radius 3 is 2.61 bits per heavy atom. The van der Waals surface area contributed by atoms with Gasteiger partial charge in [-0.2, -0.15) is 5.10 Å². The summed E-state index contributed by atoms with van der Waals surface area (Å²) in [4.78, 5) is 23.9. The number of aromatic nitrogens is 2. The highest BCUT2D eigenvalue weighted by atomic mass is 16.5. The number of rotatable bonds is 4. The molecule has 0 radical (unpaired) electrons. The number of hydrogen-bond donors (Lipinski definition) is 1. The summed E-state index contributed by atoms with van der Waals surface area (Å²) in [7, 11) is 0. The molecule has 0 saturated heterocycles. The van der Waals surface area contributed by atoms with Crippen LogP contribution in [0.5, 0.6) is 11.5 Å². The number of para-hydroxylation sites is 1. The van der Waals surface area contributed by atoms with Crippen molar-refractivity contribution in [1.29, 1.82) is 0 Å². The lowest BCUT2D eigenvalue weighted by molar-refractivity contribution is 0.0520. The fraction of sp³-hybridized carbons (Fsp3) is 0.118. The largest absolute Gasteiger partial charge is 0.461 e. The summed E-state index contributed by atoms with van der Waals surface area (Å²) in [5, 5.41) is 6.84. The fourth-order valence-electron chi connectivity index (χ4n) is 2.19. The van der Waals surface area contributed by atoms with Gasteiger partial charge in [-0.25, -0.2) is 9.89 Å². The van der Waals surface area contributed by atoms with E-state index in [1.807, 2.05) is 30.3 Å². The second-order valence-corrected chi connectivity index (χ2v) is 4.74. The molecule has 0 atom stereocenters. The summed E-state index contributed by atoms with van der Waals surface area (Å²) in [6, 6.07) is 14.1. The number of hydrogen-bond acceptors (Lipinski definition) is 5. The molecule has 0 unspecified atom stereocenters. The van der Waals surface area contributed by atoms with Crippen LogP contribution in [0.15, 0.2) is 53.3 Å². The van der Waals surface area contributed by atoms with E-state index in [0.717, 1.165) is 0 Å². The highest BCUT2D eigenvalue weighted by Crippen LogP contribution is 2.25. The molecule has 0 spiro atoms. The zero-order chi connectivity index (χ0) is 16.2. The number of aromatic amines is 1. The molecular weight excluding hydrogens is 296 g/mol. The van der Waals surface area contributed by atoms with Crippen molar-refractivity contribution in [2.24, 2.45) is 0 Å². The monoisotopic (exact) mass is 310 g/mol. The Labute approximate surface area is 131 Å². The number of fused-ring (bicyclic) bond motifs is 1. The molecule has 0 bridgehead atoms. The molecule has 1 heterocycles. The van der Waals surface area contributed by atoms with Crippen LogP contribution in [0.3, 0.4) is 0 Å². The van der Waals surface area contributed by atoms with Crippen molar-refractivity contribution in [3.63, 3.8) is 0 Å². The first-order valence-electron chi connectivity index (χ1n) is 7.11. The minimum absolute atomic E-state index is 0.0766. The van der Waals surface area contributed by atoms with Gasteiger partial charge in [0.25, 0.3) is 5.56 Å². The minimum atomic E-state index is -0.578. The van der Waals surface area contributed by atoms with Crippen LogP contribution in [-0.4, -0.2) is 22.8 Å². The third-order valence-corrected chi connectivity index (χ3v) is 3.21. The van der Waals surface area contributed by atoms with Crippen LogP contribution in [0.2, 0.25) is 0 Å². The second-order valence-electron chi connectivity index (χ2n) is 4.74. The van der Waals surface area contributed by atoms with E-state index in [2.05, 4.69) is 10.2 Å². The van der Waals surface area contributed by atoms with E-state index in [4.69, 9.17) is 9.47 Å². The second kappa shape index (κ2) is 6.31. The normalized spacial score (nSPS) is 10.5. The highest BCUT2D eigenvalue weighted by molar-refractivity contribution is 6.02. The van der Waals surface area contributed by atoms with Gasteiger partial charge in [-0.05, 0) is 37.3 Å². The van der Waals surface area contributed by atoms with Gasteiger partial charge >= 0.3 is 5.97 Å². The average molecular weight is 310 g/mol. The Morgan fingerprint density at radius 1 is 1.09 bits per heavy atom. The number of ether oxygens (including phenoxy) is 2. The van der Waals surface area contributed by atoms with Crippen LogP contribution in [0, 0.1) is 0 Å². The van der Waals surface area contributed by atoms with Gasteiger partial charge in [0.2, 0.25) is 0 Å². The molecule has 6 nitrogen and oxygen atoms in total. The summed E-state index contributed by atoms with van der Waals surface area (Å²) < 4.78 is 10.6. The van der Waals surface area contributed by atoms with E-state index in [9.17, 15) is 9.59 Å². The molecule has 23 heavy (non-hydrogen) atoms. The minimum Gasteiger partial charge on any atom is -0.461 e. The molecule has 0 amide bonds.